The van der Waals surface area contributed by atoms with Gasteiger partial charge in [0.25, 0.3) is 0 Å². The molecule has 0 saturated heterocycles. The largest absolute Gasteiger partial charge is 0.515 e. The van der Waals surface area contributed by atoms with E-state index in [9.17, 15) is 0 Å². The average molecular weight is 102 g/mol. The molecule has 0 aliphatic carbocycles. The maximum Gasteiger partial charge on any atom is 0.152 e. The van der Waals surface area contributed by atoms with E-state index in [0.29, 0.717) is 12.5 Å². The molecule has 40 valence electrons. The molecule has 0 saturated carbocycles. The van der Waals surface area contributed by atoms with E-state index >= 15 is 0 Å². The number of allylic oxidation sites excluding steroid dienone is 1. The van der Waals surface area contributed by atoms with E-state index in [1.165, 1.54) is 0 Å². The third-order valence-electron chi connectivity index (χ3n) is 0.378. The summed E-state index contributed by atoms with van der Waals surface area (Å²) in [6.07, 6.45) is 2.05. The Hall–Kier alpha value is -1.12. The first-order chi connectivity index (χ1) is 3.31. The van der Waals surface area contributed by atoms with Crippen molar-refractivity contribution in [1.82, 2.24) is 0 Å². The van der Waals surface area contributed by atoms with Gasteiger partial charge >= 0.3 is 0 Å². The van der Waals surface area contributed by atoms with Gasteiger partial charge in [0.2, 0.25) is 0 Å². The van der Waals surface area contributed by atoms with Crippen LogP contribution in [0.25, 0.3) is 0 Å². The highest BCUT2D eigenvalue weighted by Crippen LogP contribution is 1.84. The van der Waals surface area contributed by atoms with Crippen LogP contribution in [0.15, 0.2) is 24.4 Å². The fraction of sp³-hybridized carbons (Fsp3) is 0. The lowest BCUT2D eigenvalue weighted by Gasteiger charge is -1.80. The lowest BCUT2D eigenvalue weighted by atomic mass is 10.5. The third kappa shape index (κ3) is 2.69. The fourth-order valence-electron chi connectivity index (χ4n) is 0.119. The van der Waals surface area contributed by atoms with Crippen LogP contribution in [0.2, 0.25) is 0 Å². The van der Waals surface area contributed by atoms with Gasteiger partial charge in [-0.05, 0) is 0 Å². The first-order valence-corrected chi connectivity index (χ1v) is 1.65. The van der Waals surface area contributed by atoms with Crippen molar-refractivity contribution in [1.29, 1.82) is 0 Å². The van der Waals surface area contributed by atoms with E-state index in [-0.39, 0.29) is 5.76 Å². The predicted octanol–water partition coefficient (Wildman–Crippen LogP) is 1.02. The van der Waals surface area contributed by atoms with Crippen molar-refractivity contribution in [3.63, 3.8) is 0 Å². The van der Waals surface area contributed by atoms with Crippen LogP contribution in [0.1, 0.15) is 0 Å². The first-order valence-electron chi connectivity index (χ1n) is 1.65. The van der Waals surface area contributed by atoms with Gasteiger partial charge in [0.1, 0.15) is 6.26 Å². The Bertz CT molecular complexity index is 93.1. The molecular weight excluding hydrogens is 96.0 g/mol. The zero-order valence-electron chi connectivity index (χ0n) is 3.57. The lowest BCUT2D eigenvalue weighted by Crippen LogP contribution is -1.70. The molecule has 0 fully saturated rings. The van der Waals surface area contributed by atoms with E-state index in [2.05, 4.69) is 0 Å². The van der Waals surface area contributed by atoms with Crippen LogP contribution < -0.4 is 0 Å². The van der Waals surface area contributed by atoms with Gasteiger partial charge in [0.15, 0.2) is 5.76 Å². The Balaban J connectivity index is 3.58. The molecule has 0 radical (unpaired) electrons. The molecule has 0 amide bonds. The normalized spacial score (nSPS) is 12.9. The van der Waals surface area contributed by atoms with Crippen LogP contribution in [0.3, 0.4) is 0 Å². The topological polar surface area (TPSA) is 60.7 Å². The van der Waals surface area contributed by atoms with Crippen LogP contribution in [0, 0.1) is 0 Å². The first kappa shape index (κ1) is 5.88. The minimum atomic E-state index is -0.373. The Morgan fingerprint density at radius 1 is 1.29 bits per heavy atom. The summed E-state index contributed by atoms with van der Waals surface area (Å²) in [7, 11) is 0. The Labute approximate surface area is 40.8 Å². The van der Waals surface area contributed by atoms with Crippen molar-refractivity contribution < 1.29 is 15.3 Å². The smallest absolute Gasteiger partial charge is 0.152 e. The number of aliphatic hydroxyl groups excluding tert-OH is 3. The van der Waals surface area contributed by atoms with Crippen LogP contribution in [0.5, 0.6) is 0 Å². The summed E-state index contributed by atoms with van der Waals surface area (Å²) in [6.45, 7) is 0. The molecule has 3 nitrogen and oxygen atoms in total. The number of hydrogen-bond donors (Lipinski definition) is 3. The van der Waals surface area contributed by atoms with Gasteiger partial charge in [-0.3, -0.25) is 0 Å². The van der Waals surface area contributed by atoms with Crippen molar-refractivity contribution in [2.45, 2.75) is 0 Å². The molecule has 0 aromatic carbocycles. The molecule has 0 rings (SSSR count). The van der Waals surface area contributed by atoms with Crippen LogP contribution in [-0.2, 0) is 0 Å². The standard InChI is InChI=1S/C4H6O3/c5-2-1-4(7)3-6/h1-3,5-7H/b2-1-,4-3+. The van der Waals surface area contributed by atoms with Crippen molar-refractivity contribution in [3.05, 3.63) is 24.4 Å². The van der Waals surface area contributed by atoms with E-state index < -0.39 is 0 Å². The van der Waals surface area contributed by atoms with Gasteiger partial charge in [-0.1, -0.05) is 0 Å². The molecular formula is C4H6O3. The molecule has 0 bridgehead atoms. The summed E-state index contributed by atoms with van der Waals surface area (Å²) in [5.74, 6) is -0.373. The maximum absolute atomic E-state index is 8.22. The summed E-state index contributed by atoms with van der Waals surface area (Å²) < 4.78 is 0. The van der Waals surface area contributed by atoms with E-state index in [4.69, 9.17) is 15.3 Å². The Kier molecular flexibility index (Phi) is 2.59. The second-order valence-electron chi connectivity index (χ2n) is 0.870. The van der Waals surface area contributed by atoms with Gasteiger partial charge in [-0.15, -0.1) is 0 Å². The van der Waals surface area contributed by atoms with Crippen molar-refractivity contribution in [2.75, 3.05) is 0 Å². The van der Waals surface area contributed by atoms with Crippen LogP contribution >= 0.6 is 0 Å². The summed E-state index contributed by atoms with van der Waals surface area (Å²) in [5, 5.41) is 24.0. The molecule has 7 heavy (non-hydrogen) atoms. The zero-order valence-corrected chi connectivity index (χ0v) is 3.57. The highest BCUT2D eigenvalue weighted by molar-refractivity contribution is 5.03. The Morgan fingerprint density at radius 2 is 1.86 bits per heavy atom. The molecule has 0 aromatic heterocycles. The van der Waals surface area contributed by atoms with Crippen LogP contribution in [-0.4, -0.2) is 15.3 Å². The van der Waals surface area contributed by atoms with E-state index in [1.54, 1.807) is 0 Å². The monoisotopic (exact) mass is 102 g/mol. The quantitative estimate of drug-likeness (QED) is 0.342. The Morgan fingerprint density at radius 3 is 2.00 bits per heavy atom. The van der Waals surface area contributed by atoms with Gasteiger partial charge in [0.05, 0.1) is 6.26 Å². The van der Waals surface area contributed by atoms with Gasteiger partial charge in [-0.25, -0.2) is 0 Å². The predicted molar refractivity (Wildman–Crippen MR) is 25.1 cm³/mol. The second-order valence-corrected chi connectivity index (χ2v) is 0.870. The minimum Gasteiger partial charge on any atom is -0.515 e. The van der Waals surface area contributed by atoms with Gasteiger partial charge in [-0.2, -0.15) is 0 Å². The van der Waals surface area contributed by atoms with E-state index in [1.807, 2.05) is 0 Å². The second kappa shape index (κ2) is 3.08. The molecule has 0 spiro atoms. The van der Waals surface area contributed by atoms with Crippen molar-refractivity contribution >= 4 is 0 Å². The van der Waals surface area contributed by atoms with Crippen molar-refractivity contribution in [2.24, 2.45) is 0 Å². The number of hydrogen-bond acceptors (Lipinski definition) is 3. The molecule has 0 heterocycles. The average Bonchev–Trinajstić information content (AvgIpc) is 1.68. The SMILES string of the molecule is O/C=C\C(O)=C/O. The molecule has 3 N–H and O–H groups in total. The summed E-state index contributed by atoms with van der Waals surface area (Å²) in [5.41, 5.74) is 0. The highest BCUT2D eigenvalue weighted by atomic mass is 16.3. The number of aliphatic hydroxyl groups is 3. The maximum atomic E-state index is 8.22. The summed E-state index contributed by atoms with van der Waals surface area (Å²) in [6, 6.07) is 0. The molecule has 0 aliphatic rings. The number of rotatable bonds is 1. The lowest BCUT2D eigenvalue weighted by molar-refractivity contribution is 0.373. The van der Waals surface area contributed by atoms with Gasteiger partial charge in [0, 0.05) is 6.08 Å². The summed E-state index contributed by atoms with van der Waals surface area (Å²) >= 11 is 0. The molecule has 0 atom stereocenters. The third-order valence-corrected chi connectivity index (χ3v) is 0.378. The van der Waals surface area contributed by atoms with E-state index in [0.717, 1.165) is 6.08 Å². The fourth-order valence-corrected chi connectivity index (χ4v) is 0.119. The van der Waals surface area contributed by atoms with Crippen molar-refractivity contribution in [3.8, 4) is 0 Å². The summed E-state index contributed by atoms with van der Waals surface area (Å²) in [4.78, 5) is 0. The molecule has 0 aromatic rings. The van der Waals surface area contributed by atoms with Crippen LogP contribution in [0.4, 0.5) is 0 Å². The molecule has 3 heteroatoms. The zero-order chi connectivity index (χ0) is 5.70. The molecule has 0 unspecified atom stereocenters. The molecule has 0 aliphatic heterocycles. The van der Waals surface area contributed by atoms with Gasteiger partial charge < -0.3 is 15.3 Å². The minimum absolute atomic E-state index is 0.373. The highest BCUT2D eigenvalue weighted by Gasteiger charge is 1.76.